The van der Waals surface area contributed by atoms with Gasteiger partial charge in [-0.3, -0.25) is 0 Å². The molecule has 21 heavy (non-hydrogen) atoms. The molecule has 1 nitrogen and oxygen atoms in total. The van der Waals surface area contributed by atoms with E-state index in [4.69, 9.17) is 0 Å². The second-order valence-electron chi connectivity index (χ2n) is 9.45. The fourth-order valence-electron chi connectivity index (χ4n) is 7.49. The van der Waals surface area contributed by atoms with Crippen LogP contribution in [-0.2, 0) is 0 Å². The van der Waals surface area contributed by atoms with E-state index in [1.807, 2.05) is 0 Å². The normalized spacial score (nSPS) is 65.0. The first-order valence-corrected chi connectivity index (χ1v) is 10.3. The molecular formula is C19H30OS. The highest BCUT2D eigenvalue weighted by Crippen LogP contribution is 2.70. The van der Waals surface area contributed by atoms with E-state index in [9.17, 15) is 5.11 Å². The monoisotopic (exact) mass is 306 g/mol. The Bertz CT molecular complexity index is 464. The maximum atomic E-state index is 10.5. The Morgan fingerprint density at radius 2 is 1.71 bits per heavy atom. The van der Waals surface area contributed by atoms with Gasteiger partial charge in [-0.25, -0.2) is 0 Å². The third-order valence-electron chi connectivity index (χ3n) is 8.86. The molecule has 5 fully saturated rings. The van der Waals surface area contributed by atoms with Gasteiger partial charge >= 0.3 is 0 Å². The molecule has 4 saturated carbocycles. The first kappa shape index (κ1) is 13.7. The van der Waals surface area contributed by atoms with E-state index in [0.717, 1.165) is 40.6 Å². The highest BCUT2D eigenvalue weighted by Gasteiger charge is 2.63. The highest BCUT2D eigenvalue weighted by molar-refractivity contribution is 8.07. The van der Waals surface area contributed by atoms with Crippen molar-refractivity contribution in [2.45, 2.75) is 81.8 Å². The van der Waals surface area contributed by atoms with Crippen molar-refractivity contribution in [2.75, 3.05) is 0 Å². The van der Waals surface area contributed by atoms with Crippen LogP contribution in [0.15, 0.2) is 0 Å². The molecule has 0 radical (unpaired) electrons. The summed E-state index contributed by atoms with van der Waals surface area (Å²) in [4.78, 5) is 0. The van der Waals surface area contributed by atoms with Crippen LogP contribution in [0.3, 0.4) is 0 Å². The van der Waals surface area contributed by atoms with Gasteiger partial charge in [-0.2, -0.15) is 11.8 Å². The van der Waals surface area contributed by atoms with Crippen LogP contribution in [0.2, 0.25) is 0 Å². The van der Waals surface area contributed by atoms with E-state index < -0.39 is 0 Å². The average Bonchev–Trinajstić information content (AvgIpc) is 3.12. The lowest BCUT2D eigenvalue weighted by Gasteiger charge is -2.60. The molecule has 1 heterocycles. The summed E-state index contributed by atoms with van der Waals surface area (Å²) in [6, 6.07) is 0. The quantitative estimate of drug-likeness (QED) is 0.666. The van der Waals surface area contributed by atoms with Crippen molar-refractivity contribution in [1.82, 2.24) is 0 Å². The third-order valence-corrected chi connectivity index (χ3v) is 10.3. The van der Waals surface area contributed by atoms with E-state index in [0.29, 0.717) is 5.41 Å². The topological polar surface area (TPSA) is 20.2 Å². The van der Waals surface area contributed by atoms with Crippen LogP contribution in [0, 0.1) is 34.5 Å². The van der Waals surface area contributed by atoms with Crippen molar-refractivity contribution in [3.8, 4) is 0 Å². The van der Waals surface area contributed by atoms with E-state index in [-0.39, 0.29) is 11.5 Å². The molecule has 0 aromatic carbocycles. The SMILES string of the molecule is C[C@]12CC3SC3C[C@H]1CC[C@@H]1[C@H]2CC[C@]2(C)[C@@H](O)CC[C@@H]12. The first-order valence-electron chi connectivity index (χ1n) is 9.36. The van der Waals surface area contributed by atoms with Crippen molar-refractivity contribution in [2.24, 2.45) is 34.5 Å². The molecule has 2 unspecified atom stereocenters. The van der Waals surface area contributed by atoms with Crippen molar-refractivity contribution in [1.29, 1.82) is 0 Å². The predicted molar refractivity (Wildman–Crippen MR) is 88.3 cm³/mol. The summed E-state index contributed by atoms with van der Waals surface area (Å²) in [6.45, 7) is 5.07. The predicted octanol–water partition coefficient (Wildman–Crippen LogP) is 4.48. The van der Waals surface area contributed by atoms with Gasteiger partial charge in [-0.15, -0.1) is 0 Å². The van der Waals surface area contributed by atoms with E-state index in [1.54, 1.807) is 0 Å². The van der Waals surface area contributed by atoms with Gasteiger partial charge in [0, 0.05) is 10.5 Å². The fourth-order valence-corrected chi connectivity index (χ4v) is 8.86. The van der Waals surface area contributed by atoms with Crippen LogP contribution in [0.25, 0.3) is 0 Å². The Balaban J connectivity index is 1.47. The summed E-state index contributed by atoms with van der Waals surface area (Å²) in [5.74, 6) is 3.75. The van der Waals surface area contributed by atoms with Crippen LogP contribution in [0.4, 0.5) is 0 Å². The third kappa shape index (κ3) is 1.70. The zero-order chi connectivity index (χ0) is 14.4. The molecule has 1 N–H and O–H groups in total. The van der Waals surface area contributed by atoms with Crippen LogP contribution >= 0.6 is 11.8 Å². The van der Waals surface area contributed by atoms with Gasteiger partial charge in [0.05, 0.1) is 6.10 Å². The molecular weight excluding hydrogens is 276 g/mol. The average molecular weight is 307 g/mol. The van der Waals surface area contributed by atoms with Crippen molar-refractivity contribution >= 4 is 11.8 Å². The number of aliphatic hydroxyl groups excluding tert-OH is 1. The summed E-state index contributed by atoms with van der Waals surface area (Å²) in [5.41, 5.74) is 0.901. The molecule has 0 amide bonds. The molecule has 0 aromatic heterocycles. The van der Waals surface area contributed by atoms with E-state index >= 15 is 0 Å². The van der Waals surface area contributed by atoms with Gasteiger partial charge in [-0.05, 0) is 85.9 Å². The summed E-state index contributed by atoms with van der Waals surface area (Å²) in [5, 5.41) is 12.6. The van der Waals surface area contributed by atoms with Crippen LogP contribution in [-0.4, -0.2) is 21.7 Å². The molecule has 4 aliphatic carbocycles. The number of thioether (sulfide) groups is 1. The number of hydrogen-bond donors (Lipinski definition) is 1. The van der Waals surface area contributed by atoms with Gasteiger partial charge < -0.3 is 5.11 Å². The minimum atomic E-state index is -0.0105. The van der Waals surface area contributed by atoms with Gasteiger partial charge in [0.15, 0.2) is 0 Å². The molecule has 118 valence electrons. The number of hydrogen-bond acceptors (Lipinski definition) is 2. The van der Waals surface area contributed by atoms with E-state index in [1.165, 1.54) is 44.9 Å². The van der Waals surface area contributed by atoms with Gasteiger partial charge in [0.2, 0.25) is 0 Å². The Hall–Kier alpha value is 0.310. The van der Waals surface area contributed by atoms with Crippen molar-refractivity contribution in [3.63, 3.8) is 0 Å². The maximum Gasteiger partial charge on any atom is 0.0596 e. The van der Waals surface area contributed by atoms with Gasteiger partial charge in [0.25, 0.3) is 0 Å². The smallest absolute Gasteiger partial charge is 0.0596 e. The minimum Gasteiger partial charge on any atom is -0.393 e. The number of aliphatic hydroxyl groups is 1. The fraction of sp³-hybridized carbons (Fsp3) is 1.00. The Morgan fingerprint density at radius 3 is 2.57 bits per heavy atom. The Labute approximate surface area is 133 Å². The lowest BCUT2D eigenvalue weighted by Crippen LogP contribution is -2.54. The summed E-state index contributed by atoms with van der Waals surface area (Å²) >= 11 is 2.28. The van der Waals surface area contributed by atoms with Crippen molar-refractivity contribution < 1.29 is 5.11 Å². The lowest BCUT2D eigenvalue weighted by molar-refractivity contribution is -0.116. The molecule has 0 aromatic rings. The molecule has 5 aliphatic rings. The maximum absolute atomic E-state index is 10.5. The largest absolute Gasteiger partial charge is 0.393 e. The Morgan fingerprint density at radius 1 is 0.905 bits per heavy atom. The first-order chi connectivity index (χ1) is 10.0. The van der Waals surface area contributed by atoms with Crippen LogP contribution < -0.4 is 0 Å². The van der Waals surface area contributed by atoms with Crippen LogP contribution in [0.5, 0.6) is 0 Å². The van der Waals surface area contributed by atoms with Crippen molar-refractivity contribution in [3.05, 3.63) is 0 Å². The summed E-state index contributed by atoms with van der Waals surface area (Å²) in [6.07, 6.45) is 11.1. The zero-order valence-corrected chi connectivity index (χ0v) is 14.4. The zero-order valence-electron chi connectivity index (χ0n) is 13.6. The second kappa shape index (κ2) is 4.23. The molecule has 1 aliphatic heterocycles. The minimum absolute atomic E-state index is 0.0105. The molecule has 0 spiro atoms. The molecule has 1 saturated heterocycles. The Kier molecular flexibility index (Phi) is 2.76. The second-order valence-corrected chi connectivity index (χ2v) is 10.9. The summed E-state index contributed by atoms with van der Waals surface area (Å²) in [7, 11) is 0. The standard InChI is InChI=1S/C19H30OS/c1-18-8-7-14-12(13(18)5-6-17(18)20)4-3-11-9-15-16(21-15)10-19(11,14)2/h11-17,20H,3-10H2,1-2H3/t11-,12+,13+,14-,15?,16?,17+,18+,19+/m1/s1. The van der Waals surface area contributed by atoms with Gasteiger partial charge in [0.1, 0.15) is 0 Å². The highest BCUT2D eigenvalue weighted by atomic mass is 32.2. The van der Waals surface area contributed by atoms with E-state index in [2.05, 4.69) is 25.6 Å². The molecule has 5 rings (SSSR count). The molecule has 0 bridgehead atoms. The van der Waals surface area contributed by atoms with Crippen LogP contribution in [0.1, 0.15) is 65.2 Å². The number of fused-ring (bicyclic) bond motifs is 6. The lowest BCUT2D eigenvalue weighted by atomic mass is 9.45. The van der Waals surface area contributed by atoms with Gasteiger partial charge in [-0.1, -0.05) is 13.8 Å². The molecule has 2 heteroatoms. The number of rotatable bonds is 0. The molecule has 9 atom stereocenters. The summed E-state index contributed by atoms with van der Waals surface area (Å²) < 4.78 is 0.